The minimum absolute atomic E-state index is 0.0931. The van der Waals surface area contributed by atoms with Gasteiger partial charge in [0.1, 0.15) is 0 Å². The van der Waals surface area contributed by atoms with E-state index in [1.165, 1.54) is 0 Å². The van der Waals surface area contributed by atoms with Crippen molar-refractivity contribution in [1.82, 2.24) is 5.10 Å². The second kappa shape index (κ2) is 4.29. The van der Waals surface area contributed by atoms with Crippen LogP contribution in [0.1, 0.15) is 25.7 Å². The molecule has 1 fully saturated rings. The third-order valence-corrected chi connectivity index (χ3v) is 3.37. The van der Waals surface area contributed by atoms with Gasteiger partial charge in [-0.3, -0.25) is 5.32 Å². The maximum Gasteiger partial charge on any atom is 0.461 e. The van der Waals surface area contributed by atoms with Crippen molar-refractivity contribution >= 4 is 17.0 Å². The Morgan fingerprint density at radius 2 is 1.78 bits per heavy atom. The van der Waals surface area contributed by atoms with Gasteiger partial charge in [-0.25, -0.2) is 4.73 Å². The lowest BCUT2D eigenvalue weighted by atomic mass is 10.2. The molecule has 1 N–H and O–H groups in total. The van der Waals surface area contributed by atoms with Crippen LogP contribution < -0.4 is 14.9 Å². The highest BCUT2D eigenvalue weighted by Gasteiger charge is 2.25. The van der Waals surface area contributed by atoms with Gasteiger partial charge in [-0.2, -0.15) is 0 Å². The number of para-hydroxylation sites is 2. The highest BCUT2D eigenvalue weighted by atomic mass is 16.5. The topological polar surface area (TPSA) is 78.8 Å². The summed E-state index contributed by atoms with van der Waals surface area (Å²) in [5.41, 5.74) is 0.618. The molecule has 94 valence electrons. The maximum atomic E-state index is 12.1. The van der Waals surface area contributed by atoms with Gasteiger partial charge < -0.3 is 10.4 Å². The summed E-state index contributed by atoms with van der Waals surface area (Å²) in [6, 6.07) is 6.90. The normalized spacial score (nSPS) is 16.2. The molecule has 0 aliphatic heterocycles. The van der Waals surface area contributed by atoms with E-state index in [1.807, 2.05) is 0 Å². The van der Waals surface area contributed by atoms with E-state index in [0.29, 0.717) is 15.1 Å². The zero-order chi connectivity index (χ0) is 12.5. The van der Waals surface area contributed by atoms with Gasteiger partial charge in [0.2, 0.25) is 5.10 Å². The molecule has 1 aromatic heterocycles. The first-order valence-electron chi connectivity index (χ1n) is 6.14. The van der Waals surface area contributed by atoms with Gasteiger partial charge in [0.15, 0.2) is 5.52 Å². The minimum Gasteiger partial charge on any atom is -0.739 e. The molecule has 6 heteroatoms. The zero-order valence-electron chi connectivity index (χ0n) is 9.87. The molecule has 0 bridgehead atoms. The van der Waals surface area contributed by atoms with Crippen molar-refractivity contribution in [2.75, 3.05) is 5.32 Å². The monoisotopic (exact) mass is 246 g/mol. The van der Waals surface area contributed by atoms with Gasteiger partial charge in [-0.1, -0.05) is 12.1 Å². The second-order valence-electron chi connectivity index (χ2n) is 4.61. The van der Waals surface area contributed by atoms with E-state index in [0.717, 1.165) is 25.7 Å². The lowest BCUT2D eigenvalue weighted by Crippen LogP contribution is -2.45. The molecule has 1 aliphatic carbocycles. The van der Waals surface area contributed by atoms with E-state index in [2.05, 4.69) is 10.4 Å². The van der Waals surface area contributed by atoms with Crippen LogP contribution >= 0.6 is 0 Å². The fourth-order valence-electron chi connectivity index (χ4n) is 2.43. The summed E-state index contributed by atoms with van der Waals surface area (Å²) in [7, 11) is 0. The zero-order valence-corrected chi connectivity index (χ0v) is 9.87. The fraction of sp³-hybridized carbons (Fsp3) is 0.417. The summed E-state index contributed by atoms with van der Waals surface area (Å²) < 4.78 is 0.696. The number of hydrogen-bond acceptors (Lipinski definition) is 4. The summed E-state index contributed by atoms with van der Waals surface area (Å²) >= 11 is 0. The summed E-state index contributed by atoms with van der Waals surface area (Å²) in [4.78, 5) is 0.501. The predicted molar refractivity (Wildman–Crippen MR) is 65.5 cm³/mol. The molecule has 0 atom stereocenters. The molecule has 1 saturated carbocycles. The summed E-state index contributed by atoms with van der Waals surface area (Å²) in [6.45, 7) is 0. The molecule has 1 aliphatic rings. The predicted octanol–water partition coefficient (Wildman–Crippen LogP) is 0.856. The van der Waals surface area contributed by atoms with E-state index in [1.54, 1.807) is 24.3 Å². The van der Waals surface area contributed by atoms with Crippen LogP contribution in [0.15, 0.2) is 24.3 Å². The fourth-order valence-corrected chi connectivity index (χ4v) is 2.43. The van der Waals surface area contributed by atoms with Gasteiger partial charge in [0.05, 0.1) is 6.04 Å². The number of fused-ring (bicyclic) bond motifs is 1. The average Bonchev–Trinajstić information content (AvgIpc) is 2.89. The largest absolute Gasteiger partial charge is 0.739 e. The SMILES string of the molecule is [O-][n+]1nc(NC2CCCC2)[n+]([O-])c2ccccc21. The quantitative estimate of drug-likeness (QED) is 0.629. The number of nitrogens with one attached hydrogen (secondary N) is 1. The van der Waals surface area contributed by atoms with Crippen molar-refractivity contribution < 1.29 is 9.58 Å². The van der Waals surface area contributed by atoms with Gasteiger partial charge in [0, 0.05) is 10.9 Å². The number of aromatic nitrogens is 3. The Morgan fingerprint density at radius 1 is 1.11 bits per heavy atom. The lowest BCUT2D eigenvalue weighted by molar-refractivity contribution is -0.672. The summed E-state index contributed by atoms with van der Waals surface area (Å²) in [5.74, 6) is 0.0931. The molecule has 1 aromatic carbocycles. The van der Waals surface area contributed by atoms with Crippen molar-refractivity contribution in [3.05, 3.63) is 34.7 Å². The van der Waals surface area contributed by atoms with Gasteiger partial charge in [-0.05, 0) is 31.7 Å². The number of rotatable bonds is 2. The van der Waals surface area contributed by atoms with Crippen LogP contribution in [0.5, 0.6) is 0 Å². The highest BCUT2D eigenvalue weighted by Crippen LogP contribution is 2.20. The van der Waals surface area contributed by atoms with Crippen LogP contribution in [0.3, 0.4) is 0 Å². The lowest BCUT2D eigenvalue weighted by Gasteiger charge is -2.12. The molecule has 0 radical (unpaired) electrons. The number of hydrogen-bond donors (Lipinski definition) is 1. The average molecular weight is 246 g/mol. The molecule has 18 heavy (non-hydrogen) atoms. The Labute approximate surface area is 104 Å². The van der Waals surface area contributed by atoms with E-state index in [4.69, 9.17) is 0 Å². The molecular weight excluding hydrogens is 232 g/mol. The van der Waals surface area contributed by atoms with Gasteiger partial charge >= 0.3 is 5.95 Å². The molecule has 0 spiro atoms. The number of nitrogens with zero attached hydrogens (tertiary/aromatic N) is 3. The van der Waals surface area contributed by atoms with Gasteiger partial charge in [-0.15, -0.1) is 0 Å². The molecule has 1 heterocycles. The van der Waals surface area contributed by atoms with Crippen LogP contribution in [-0.2, 0) is 0 Å². The number of benzene rings is 1. The Hall–Kier alpha value is -2.11. The molecule has 0 saturated heterocycles. The molecular formula is C12H14N4O2. The van der Waals surface area contributed by atoms with Crippen molar-refractivity contribution in [3.63, 3.8) is 0 Å². The van der Waals surface area contributed by atoms with Crippen molar-refractivity contribution in [2.24, 2.45) is 0 Å². The van der Waals surface area contributed by atoms with Crippen LogP contribution in [0.4, 0.5) is 5.95 Å². The van der Waals surface area contributed by atoms with Crippen molar-refractivity contribution in [2.45, 2.75) is 31.7 Å². The molecule has 3 rings (SSSR count). The molecule has 0 unspecified atom stereocenters. The van der Waals surface area contributed by atoms with E-state index < -0.39 is 0 Å². The van der Waals surface area contributed by atoms with E-state index in [9.17, 15) is 10.4 Å². The van der Waals surface area contributed by atoms with Crippen LogP contribution in [0, 0.1) is 10.4 Å². The standard InChI is InChI=1S/C12H14N4O2/c17-15-10-7-3-4-8-11(10)16(18)14-12(15)13-9-5-1-2-6-9/h3-4,7-9H,1-2,5-6H2,(H,13,14). The smallest absolute Gasteiger partial charge is 0.461 e. The van der Waals surface area contributed by atoms with Crippen molar-refractivity contribution in [3.8, 4) is 0 Å². The Bertz CT molecular complexity index is 582. The van der Waals surface area contributed by atoms with E-state index in [-0.39, 0.29) is 17.5 Å². The first-order chi connectivity index (χ1) is 8.75. The Morgan fingerprint density at radius 3 is 2.50 bits per heavy atom. The number of anilines is 1. The minimum atomic E-state index is 0.0931. The Kier molecular flexibility index (Phi) is 2.62. The van der Waals surface area contributed by atoms with Gasteiger partial charge in [0.25, 0.3) is 5.52 Å². The van der Waals surface area contributed by atoms with Crippen LogP contribution in [0.2, 0.25) is 0 Å². The first kappa shape index (κ1) is 11.0. The highest BCUT2D eigenvalue weighted by molar-refractivity contribution is 5.67. The first-order valence-corrected chi connectivity index (χ1v) is 6.14. The molecule has 2 aromatic rings. The van der Waals surface area contributed by atoms with Crippen LogP contribution in [0.25, 0.3) is 11.0 Å². The Balaban J connectivity index is 2.04. The molecule has 6 nitrogen and oxygen atoms in total. The van der Waals surface area contributed by atoms with Crippen LogP contribution in [-0.4, -0.2) is 11.1 Å². The second-order valence-corrected chi connectivity index (χ2v) is 4.61. The summed E-state index contributed by atoms with van der Waals surface area (Å²) in [6.07, 6.45) is 4.35. The third-order valence-electron chi connectivity index (χ3n) is 3.37. The van der Waals surface area contributed by atoms with Crippen molar-refractivity contribution in [1.29, 1.82) is 0 Å². The summed E-state index contributed by atoms with van der Waals surface area (Å²) in [5, 5.41) is 30.7. The molecule has 0 amide bonds. The van der Waals surface area contributed by atoms with E-state index >= 15 is 0 Å². The third kappa shape index (κ3) is 1.79. The maximum absolute atomic E-state index is 12.1.